The summed E-state index contributed by atoms with van der Waals surface area (Å²) in [6.07, 6.45) is 0.936. The molecule has 1 aliphatic carbocycles. The largest absolute Gasteiger partial charge is 0.481 e. The smallest absolute Gasteiger partial charge is 0.413 e. The lowest BCUT2D eigenvalue weighted by Crippen LogP contribution is -2.36. The van der Waals surface area contributed by atoms with Crippen molar-refractivity contribution in [2.45, 2.75) is 45.6 Å². The molecule has 2 heterocycles. The number of carboxylic acid groups (broad SMARTS) is 1. The summed E-state index contributed by atoms with van der Waals surface area (Å²) in [5, 5.41) is 22.9. The Balaban J connectivity index is 1.47. The minimum absolute atomic E-state index is 0.214. The van der Waals surface area contributed by atoms with Gasteiger partial charge in [-0.05, 0) is 44.9 Å². The molecule has 200 valence electrons. The van der Waals surface area contributed by atoms with E-state index in [1.165, 1.54) is 16.8 Å². The van der Waals surface area contributed by atoms with Crippen LogP contribution in [0.15, 0.2) is 36.4 Å². The first-order valence-electron chi connectivity index (χ1n) is 12.3. The Morgan fingerprint density at radius 3 is 2.50 bits per heavy atom. The van der Waals surface area contributed by atoms with Crippen molar-refractivity contribution in [3.05, 3.63) is 53.5 Å². The zero-order chi connectivity index (χ0) is 27.4. The first-order chi connectivity index (χ1) is 18.2. The first-order valence-corrected chi connectivity index (χ1v) is 12.3. The molecule has 0 spiro atoms. The Labute approximate surface area is 218 Å². The number of carboxylic acids is 1. The lowest BCUT2D eigenvalue weighted by Gasteiger charge is -2.27. The molecular weight excluding hydrogens is 495 g/mol. The molecule has 2 amide bonds. The third-order valence-electron chi connectivity index (χ3n) is 6.68. The van der Waals surface area contributed by atoms with Gasteiger partial charge >= 0.3 is 12.1 Å². The second-order valence-electron chi connectivity index (χ2n) is 9.26. The highest BCUT2D eigenvalue weighted by Gasteiger charge is 2.36. The predicted molar refractivity (Wildman–Crippen MR) is 136 cm³/mol. The van der Waals surface area contributed by atoms with Crippen LogP contribution in [0, 0.1) is 24.6 Å². The van der Waals surface area contributed by atoms with Gasteiger partial charge in [-0.15, -0.1) is 5.10 Å². The van der Waals surface area contributed by atoms with Gasteiger partial charge in [0, 0.05) is 12.6 Å². The number of aromatic nitrogens is 4. The van der Waals surface area contributed by atoms with Crippen LogP contribution in [-0.2, 0) is 21.4 Å². The zero-order valence-electron chi connectivity index (χ0n) is 21.3. The maximum absolute atomic E-state index is 14.0. The molecule has 1 aliphatic rings. The molecule has 0 bridgehead atoms. The number of benzene rings is 1. The molecule has 12 heteroatoms. The highest BCUT2D eigenvalue weighted by Crippen LogP contribution is 2.32. The van der Waals surface area contributed by atoms with Gasteiger partial charge in [-0.1, -0.05) is 36.3 Å². The van der Waals surface area contributed by atoms with Crippen LogP contribution in [0.4, 0.5) is 20.7 Å². The predicted octanol–water partition coefficient (Wildman–Crippen LogP) is 4.46. The van der Waals surface area contributed by atoms with Gasteiger partial charge in [0.2, 0.25) is 5.91 Å². The Bertz CT molecular complexity index is 1360. The molecule has 2 aromatic heterocycles. The number of nitrogens with zero attached hydrogens (tertiary/aromatic N) is 4. The molecule has 0 saturated heterocycles. The van der Waals surface area contributed by atoms with Crippen LogP contribution in [0.1, 0.15) is 50.0 Å². The van der Waals surface area contributed by atoms with E-state index in [1.807, 2.05) is 0 Å². The second-order valence-corrected chi connectivity index (χ2v) is 9.26. The van der Waals surface area contributed by atoms with E-state index in [4.69, 9.17) is 4.74 Å². The number of nitrogens with one attached hydrogen (secondary N) is 2. The first kappa shape index (κ1) is 26.7. The molecule has 11 nitrogen and oxygen atoms in total. The molecule has 38 heavy (non-hydrogen) atoms. The molecule has 3 aromatic rings. The number of ether oxygens (including phenoxy) is 1. The van der Waals surface area contributed by atoms with Gasteiger partial charge in [-0.2, -0.15) is 0 Å². The molecule has 0 aliphatic heterocycles. The van der Waals surface area contributed by atoms with Crippen LogP contribution in [0.25, 0.3) is 11.4 Å². The van der Waals surface area contributed by atoms with E-state index in [0.29, 0.717) is 29.9 Å². The average molecular weight is 525 g/mol. The van der Waals surface area contributed by atoms with Gasteiger partial charge in [-0.3, -0.25) is 14.9 Å². The summed E-state index contributed by atoms with van der Waals surface area (Å²) in [7, 11) is 1.58. The standard InChI is InChI=1S/C26H29FN6O5/c1-14-20(29-24(34)17-9-4-5-10-18(17)25(35)36)12-13-21(28-14)22-23(33(3)32-31-22)30-26(37)38-15(2)16-8-6-7-11-19(16)27/h6-8,11-13,15,17-18H,4-5,9-10H2,1-3H3,(H,29,34)(H,30,37)(H,35,36)/t15-,17?,18?/m1/s1. The van der Waals surface area contributed by atoms with Gasteiger partial charge < -0.3 is 15.2 Å². The van der Waals surface area contributed by atoms with Crippen molar-refractivity contribution < 1.29 is 28.6 Å². The van der Waals surface area contributed by atoms with Crippen LogP contribution in [-0.4, -0.2) is 43.1 Å². The number of hydrogen-bond donors (Lipinski definition) is 3. The lowest BCUT2D eigenvalue weighted by molar-refractivity contribution is -0.147. The van der Waals surface area contributed by atoms with E-state index < -0.39 is 35.8 Å². The molecule has 1 aromatic carbocycles. The average Bonchev–Trinajstić information content (AvgIpc) is 3.24. The number of carbonyl (C=O) groups is 3. The zero-order valence-corrected chi connectivity index (χ0v) is 21.3. The second kappa shape index (κ2) is 11.4. The van der Waals surface area contributed by atoms with E-state index in [0.717, 1.165) is 12.8 Å². The molecule has 1 fully saturated rings. The van der Waals surface area contributed by atoms with Crippen LogP contribution in [0.5, 0.6) is 0 Å². The van der Waals surface area contributed by atoms with Crippen molar-refractivity contribution in [3.63, 3.8) is 0 Å². The Morgan fingerprint density at radius 2 is 1.82 bits per heavy atom. The lowest BCUT2D eigenvalue weighted by atomic mass is 9.78. The SMILES string of the molecule is Cc1nc(-c2nnn(C)c2NC(=O)O[C@H](C)c2ccccc2F)ccc1NC(=O)C1CCCCC1C(=O)O. The fourth-order valence-corrected chi connectivity index (χ4v) is 4.62. The number of amides is 2. The number of aryl methyl sites for hydroxylation is 2. The molecule has 2 unspecified atom stereocenters. The molecule has 3 N–H and O–H groups in total. The van der Waals surface area contributed by atoms with Gasteiger partial charge in [0.1, 0.15) is 11.9 Å². The fourth-order valence-electron chi connectivity index (χ4n) is 4.62. The monoisotopic (exact) mass is 524 g/mol. The van der Waals surface area contributed by atoms with Crippen molar-refractivity contribution in [1.82, 2.24) is 20.0 Å². The summed E-state index contributed by atoms with van der Waals surface area (Å²) in [6, 6.07) is 9.28. The van der Waals surface area contributed by atoms with E-state index in [1.54, 1.807) is 45.2 Å². The maximum atomic E-state index is 14.0. The number of rotatable bonds is 7. The quantitative estimate of drug-likeness (QED) is 0.410. The number of carbonyl (C=O) groups excluding carboxylic acids is 2. The van der Waals surface area contributed by atoms with Crippen molar-refractivity contribution >= 4 is 29.5 Å². The van der Waals surface area contributed by atoms with Gasteiger partial charge in [-0.25, -0.2) is 18.9 Å². The number of hydrogen-bond acceptors (Lipinski definition) is 7. The van der Waals surface area contributed by atoms with E-state index in [2.05, 4.69) is 25.9 Å². The number of pyridine rings is 1. The summed E-state index contributed by atoms with van der Waals surface area (Å²) in [6.45, 7) is 3.26. The number of halogens is 1. The van der Waals surface area contributed by atoms with Crippen molar-refractivity contribution in [1.29, 1.82) is 0 Å². The van der Waals surface area contributed by atoms with Crippen LogP contribution >= 0.6 is 0 Å². The van der Waals surface area contributed by atoms with Gasteiger partial charge in [0.15, 0.2) is 11.5 Å². The van der Waals surface area contributed by atoms with Crippen LogP contribution in [0.3, 0.4) is 0 Å². The summed E-state index contributed by atoms with van der Waals surface area (Å²) >= 11 is 0. The van der Waals surface area contributed by atoms with Crippen LogP contribution in [0.2, 0.25) is 0 Å². The molecule has 0 radical (unpaired) electrons. The fraction of sp³-hybridized carbons (Fsp3) is 0.385. The van der Waals surface area contributed by atoms with Crippen molar-refractivity contribution in [2.75, 3.05) is 10.6 Å². The van der Waals surface area contributed by atoms with E-state index in [9.17, 15) is 23.9 Å². The maximum Gasteiger partial charge on any atom is 0.413 e. The van der Waals surface area contributed by atoms with E-state index in [-0.39, 0.29) is 23.0 Å². The topological polar surface area (TPSA) is 148 Å². The van der Waals surface area contributed by atoms with Crippen molar-refractivity contribution in [2.24, 2.45) is 18.9 Å². The Kier molecular flexibility index (Phi) is 7.99. The normalized spacial score (nSPS) is 17.9. The summed E-state index contributed by atoms with van der Waals surface area (Å²) < 4.78 is 20.7. The summed E-state index contributed by atoms with van der Waals surface area (Å²) in [5.41, 5.74) is 1.81. The third-order valence-corrected chi connectivity index (χ3v) is 6.68. The van der Waals surface area contributed by atoms with Gasteiger partial charge in [0.25, 0.3) is 0 Å². The molecular formula is C26H29FN6O5. The third kappa shape index (κ3) is 5.79. The number of anilines is 2. The molecule has 1 saturated carbocycles. The minimum Gasteiger partial charge on any atom is -0.481 e. The van der Waals surface area contributed by atoms with Crippen molar-refractivity contribution in [3.8, 4) is 11.4 Å². The molecule has 3 atom stereocenters. The Hall–Kier alpha value is -4.35. The highest BCUT2D eigenvalue weighted by molar-refractivity contribution is 5.96. The highest BCUT2D eigenvalue weighted by atomic mass is 19.1. The minimum atomic E-state index is -0.959. The summed E-state index contributed by atoms with van der Waals surface area (Å²) in [5.74, 6) is -2.88. The number of aliphatic carboxylic acids is 1. The summed E-state index contributed by atoms with van der Waals surface area (Å²) in [4.78, 5) is 41.5. The van der Waals surface area contributed by atoms with Crippen LogP contribution < -0.4 is 10.6 Å². The van der Waals surface area contributed by atoms with Gasteiger partial charge in [0.05, 0.1) is 28.9 Å². The van der Waals surface area contributed by atoms with E-state index >= 15 is 0 Å². The Morgan fingerprint density at radius 1 is 1.11 bits per heavy atom. The molecule has 4 rings (SSSR count).